The summed E-state index contributed by atoms with van der Waals surface area (Å²) >= 11 is 0. The SMILES string of the molecule is CCCCCCCCCCCCCC(=O)NC(Cc1ccccc1)C(=O)Nc1cc(C(C)(C)C)nn1-c1ccccc1C. The first-order chi connectivity index (χ1) is 20.7. The van der Waals surface area contributed by atoms with Crippen LogP contribution in [0.15, 0.2) is 60.7 Å². The van der Waals surface area contributed by atoms with Gasteiger partial charge in [-0.2, -0.15) is 5.10 Å². The Morgan fingerprint density at radius 1 is 0.814 bits per heavy atom. The van der Waals surface area contributed by atoms with Crippen LogP contribution >= 0.6 is 0 Å². The van der Waals surface area contributed by atoms with Crippen molar-refractivity contribution in [3.8, 4) is 5.69 Å². The Hall–Kier alpha value is -3.41. The fraction of sp³-hybridized carbons (Fsp3) is 0.541. The van der Waals surface area contributed by atoms with Crippen molar-refractivity contribution < 1.29 is 9.59 Å². The smallest absolute Gasteiger partial charge is 0.248 e. The van der Waals surface area contributed by atoms with E-state index >= 15 is 0 Å². The van der Waals surface area contributed by atoms with Crippen molar-refractivity contribution in [1.29, 1.82) is 0 Å². The summed E-state index contributed by atoms with van der Waals surface area (Å²) in [6, 6.07) is 19.1. The lowest BCUT2D eigenvalue weighted by Gasteiger charge is -2.19. The third-order valence-electron chi connectivity index (χ3n) is 8.01. The van der Waals surface area contributed by atoms with Gasteiger partial charge in [-0.25, -0.2) is 4.68 Å². The molecular formula is C37H54N4O2. The number of carbonyl (C=O) groups excluding carboxylic acids is 2. The number of hydrogen-bond acceptors (Lipinski definition) is 3. The van der Waals surface area contributed by atoms with Gasteiger partial charge in [0, 0.05) is 24.3 Å². The first-order valence-electron chi connectivity index (χ1n) is 16.5. The molecule has 6 heteroatoms. The summed E-state index contributed by atoms with van der Waals surface area (Å²) in [6.07, 6.45) is 14.5. The number of rotatable bonds is 18. The van der Waals surface area contributed by atoms with E-state index in [4.69, 9.17) is 5.10 Å². The maximum absolute atomic E-state index is 13.8. The number of aryl methyl sites for hydroxylation is 1. The number of carbonyl (C=O) groups is 2. The molecule has 1 aromatic heterocycles. The third kappa shape index (κ3) is 11.7. The molecule has 1 heterocycles. The highest BCUT2D eigenvalue weighted by molar-refractivity contribution is 5.97. The Bertz CT molecular complexity index is 1260. The van der Waals surface area contributed by atoms with Crippen LogP contribution in [0.3, 0.4) is 0 Å². The lowest BCUT2D eigenvalue weighted by Crippen LogP contribution is -2.45. The van der Waals surface area contributed by atoms with E-state index < -0.39 is 6.04 Å². The molecule has 0 bridgehead atoms. The van der Waals surface area contributed by atoms with Crippen LogP contribution in [-0.4, -0.2) is 27.6 Å². The standard InChI is InChI=1S/C37H54N4O2/c1-6-7-8-9-10-11-12-13-14-15-19-26-35(42)38-31(27-30-23-17-16-18-24-30)36(43)39-34-28-33(37(3,4)5)40-41(34)32-25-21-20-22-29(32)2/h16-18,20-25,28,31H,6-15,19,26-27H2,1-5H3,(H,38,42)(H,39,43). The number of hydrogen-bond donors (Lipinski definition) is 2. The van der Waals surface area contributed by atoms with Gasteiger partial charge in [-0.15, -0.1) is 0 Å². The lowest BCUT2D eigenvalue weighted by atomic mass is 9.92. The van der Waals surface area contributed by atoms with E-state index in [1.54, 1.807) is 4.68 Å². The second-order valence-corrected chi connectivity index (χ2v) is 12.9. The van der Waals surface area contributed by atoms with Gasteiger partial charge in [0.15, 0.2) is 0 Å². The molecule has 1 unspecified atom stereocenters. The summed E-state index contributed by atoms with van der Waals surface area (Å²) in [7, 11) is 0. The fourth-order valence-corrected chi connectivity index (χ4v) is 5.31. The summed E-state index contributed by atoms with van der Waals surface area (Å²) in [4.78, 5) is 26.8. The number of unbranched alkanes of at least 4 members (excludes halogenated alkanes) is 10. The highest BCUT2D eigenvalue weighted by Crippen LogP contribution is 2.27. The summed E-state index contributed by atoms with van der Waals surface area (Å²) < 4.78 is 1.81. The van der Waals surface area contributed by atoms with Crippen molar-refractivity contribution in [3.63, 3.8) is 0 Å². The molecule has 0 spiro atoms. The predicted molar refractivity (Wildman–Crippen MR) is 179 cm³/mol. The second kappa shape index (κ2) is 17.6. The minimum absolute atomic E-state index is 0.0743. The Balaban J connectivity index is 1.61. The van der Waals surface area contributed by atoms with Crippen molar-refractivity contribution in [2.75, 3.05) is 5.32 Å². The number of nitrogens with zero attached hydrogens (tertiary/aromatic N) is 2. The molecule has 3 rings (SSSR count). The summed E-state index contributed by atoms with van der Waals surface area (Å²) in [5, 5.41) is 11.0. The van der Waals surface area contributed by atoms with Gasteiger partial charge < -0.3 is 10.6 Å². The highest BCUT2D eigenvalue weighted by atomic mass is 16.2. The molecule has 2 amide bonds. The highest BCUT2D eigenvalue weighted by Gasteiger charge is 2.26. The number of anilines is 1. The zero-order valence-electron chi connectivity index (χ0n) is 27.3. The number of nitrogens with one attached hydrogen (secondary N) is 2. The quantitative estimate of drug-likeness (QED) is 0.146. The van der Waals surface area contributed by atoms with Gasteiger partial charge in [-0.05, 0) is 30.5 Å². The van der Waals surface area contributed by atoms with E-state index in [0.29, 0.717) is 18.7 Å². The monoisotopic (exact) mass is 586 g/mol. The molecule has 0 fully saturated rings. The van der Waals surface area contributed by atoms with Gasteiger partial charge in [0.25, 0.3) is 0 Å². The Labute approximate surface area is 260 Å². The minimum atomic E-state index is -0.694. The van der Waals surface area contributed by atoms with Gasteiger partial charge in [-0.3, -0.25) is 9.59 Å². The van der Waals surface area contributed by atoms with Crippen LogP contribution in [0.25, 0.3) is 5.69 Å². The molecule has 0 saturated heterocycles. The Morgan fingerprint density at radius 3 is 2.00 bits per heavy atom. The topological polar surface area (TPSA) is 76.0 Å². The maximum atomic E-state index is 13.8. The van der Waals surface area contributed by atoms with E-state index in [1.165, 1.54) is 51.4 Å². The Morgan fingerprint density at radius 2 is 1.40 bits per heavy atom. The van der Waals surface area contributed by atoms with Crippen LogP contribution < -0.4 is 10.6 Å². The van der Waals surface area contributed by atoms with E-state index in [9.17, 15) is 9.59 Å². The van der Waals surface area contributed by atoms with Crippen LogP contribution in [0, 0.1) is 6.92 Å². The van der Waals surface area contributed by atoms with Gasteiger partial charge in [-0.1, -0.05) is 140 Å². The van der Waals surface area contributed by atoms with Gasteiger partial charge >= 0.3 is 0 Å². The molecule has 3 aromatic rings. The van der Waals surface area contributed by atoms with E-state index in [1.807, 2.05) is 67.6 Å². The average molecular weight is 587 g/mol. The molecule has 234 valence electrons. The minimum Gasteiger partial charge on any atom is -0.344 e. The third-order valence-corrected chi connectivity index (χ3v) is 8.01. The van der Waals surface area contributed by atoms with Crippen molar-refractivity contribution in [3.05, 3.63) is 77.5 Å². The first kappa shape index (κ1) is 34.1. The van der Waals surface area contributed by atoms with Gasteiger partial charge in [0.1, 0.15) is 11.9 Å². The van der Waals surface area contributed by atoms with E-state index in [-0.39, 0.29) is 17.2 Å². The molecule has 0 radical (unpaired) electrons. The van der Waals surface area contributed by atoms with Crippen LogP contribution in [0.4, 0.5) is 5.82 Å². The Kier molecular flexibility index (Phi) is 14.0. The van der Waals surface area contributed by atoms with Crippen molar-refractivity contribution in [2.45, 2.75) is 130 Å². The van der Waals surface area contributed by atoms with Crippen LogP contribution in [0.2, 0.25) is 0 Å². The lowest BCUT2D eigenvalue weighted by molar-refractivity contribution is -0.126. The predicted octanol–water partition coefficient (Wildman–Crippen LogP) is 8.85. The normalized spacial score (nSPS) is 12.2. The second-order valence-electron chi connectivity index (χ2n) is 12.9. The van der Waals surface area contributed by atoms with Gasteiger partial charge in [0.05, 0.1) is 11.4 Å². The molecule has 0 aliphatic carbocycles. The first-order valence-corrected chi connectivity index (χ1v) is 16.5. The average Bonchev–Trinajstić information content (AvgIpc) is 3.40. The zero-order valence-corrected chi connectivity index (χ0v) is 27.3. The molecule has 2 N–H and O–H groups in total. The van der Waals surface area contributed by atoms with Crippen molar-refractivity contribution >= 4 is 17.6 Å². The van der Waals surface area contributed by atoms with Crippen LogP contribution in [0.5, 0.6) is 0 Å². The number of amides is 2. The zero-order chi connectivity index (χ0) is 31.1. The number of benzene rings is 2. The largest absolute Gasteiger partial charge is 0.344 e. The van der Waals surface area contributed by atoms with E-state index in [0.717, 1.165) is 41.8 Å². The molecular weight excluding hydrogens is 532 g/mol. The van der Waals surface area contributed by atoms with Crippen LogP contribution in [0.1, 0.15) is 122 Å². The summed E-state index contributed by atoms with van der Waals surface area (Å²) in [5.41, 5.74) is 3.66. The molecule has 43 heavy (non-hydrogen) atoms. The molecule has 0 aliphatic heterocycles. The summed E-state index contributed by atoms with van der Waals surface area (Å²) in [6.45, 7) is 10.6. The molecule has 6 nitrogen and oxygen atoms in total. The van der Waals surface area contributed by atoms with Crippen molar-refractivity contribution in [1.82, 2.24) is 15.1 Å². The molecule has 1 atom stereocenters. The van der Waals surface area contributed by atoms with Crippen molar-refractivity contribution in [2.24, 2.45) is 0 Å². The summed E-state index contributed by atoms with van der Waals surface area (Å²) in [5.74, 6) is 0.281. The maximum Gasteiger partial charge on any atom is 0.248 e. The molecule has 2 aromatic carbocycles. The number of aromatic nitrogens is 2. The number of para-hydroxylation sites is 1. The molecule has 0 saturated carbocycles. The van der Waals surface area contributed by atoms with E-state index in [2.05, 4.69) is 38.3 Å². The van der Waals surface area contributed by atoms with Gasteiger partial charge in [0.2, 0.25) is 11.8 Å². The van der Waals surface area contributed by atoms with Crippen LogP contribution in [-0.2, 0) is 21.4 Å². The molecule has 0 aliphatic rings. The fourth-order valence-electron chi connectivity index (χ4n) is 5.31.